The fraction of sp³-hybridized carbons (Fsp3) is 0.417. The van der Waals surface area contributed by atoms with Crippen LogP contribution in [0.1, 0.15) is 29.9 Å². The zero-order valence-corrected chi connectivity index (χ0v) is 10.7. The van der Waals surface area contributed by atoms with Crippen LogP contribution in [-0.4, -0.2) is 29.4 Å². The van der Waals surface area contributed by atoms with Crippen molar-refractivity contribution in [3.8, 4) is 0 Å². The van der Waals surface area contributed by atoms with Crippen molar-refractivity contribution in [3.63, 3.8) is 0 Å². The standard InChI is InChI=1S/C12H17N3O3/c1-4-13-11(17)8(3)15-12(18)9-6-14-7(2)5-10(9)16/h5-6,8H,4H2,1-3H3,(H,13,17)(H,14,16)(H,15,18). The molecule has 0 aliphatic carbocycles. The molecule has 0 radical (unpaired) electrons. The van der Waals surface area contributed by atoms with Crippen LogP contribution in [0.5, 0.6) is 0 Å². The first kappa shape index (κ1) is 14.0. The molecule has 1 unspecified atom stereocenters. The minimum absolute atomic E-state index is 0.00301. The third-order valence-corrected chi connectivity index (χ3v) is 2.39. The Morgan fingerprint density at radius 1 is 1.44 bits per heavy atom. The van der Waals surface area contributed by atoms with Gasteiger partial charge in [-0.15, -0.1) is 0 Å². The smallest absolute Gasteiger partial charge is 0.257 e. The zero-order valence-electron chi connectivity index (χ0n) is 10.7. The van der Waals surface area contributed by atoms with E-state index in [4.69, 9.17) is 0 Å². The minimum atomic E-state index is -0.682. The van der Waals surface area contributed by atoms with E-state index in [0.717, 1.165) is 0 Å². The van der Waals surface area contributed by atoms with Gasteiger partial charge in [0.2, 0.25) is 5.91 Å². The first-order chi connectivity index (χ1) is 8.45. The van der Waals surface area contributed by atoms with Gasteiger partial charge in [0.15, 0.2) is 5.43 Å². The topological polar surface area (TPSA) is 91.1 Å². The average Bonchev–Trinajstić information content (AvgIpc) is 2.28. The van der Waals surface area contributed by atoms with Gasteiger partial charge in [-0.25, -0.2) is 0 Å². The van der Waals surface area contributed by atoms with E-state index in [1.54, 1.807) is 20.8 Å². The van der Waals surface area contributed by atoms with Crippen molar-refractivity contribution in [2.75, 3.05) is 6.54 Å². The summed E-state index contributed by atoms with van der Waals surface area (Å²) in [5.41, 5.74) is 0.303. The van der Waals surface area contributed by atoms with Crippen molar-refractivity contribution in [2.24, 2.45) is 0 Å². The molecule has 1 heterocycles. The van der Waals surface area contributed by atoms with E-state index in [1.165, 1.54) is 12.3 Å². The number of H-pyrrole nitrogens is 1. The van der Waals surface area contributed by atoms with Gasteiger partial charge in [-0.2, -0.15) is 0 Å². The normalized spacial score (nSPS) is 11.7. The Kier molecular flexibility index (Phi) is 4.65. The first-order valence-corrected chi connectivity index (χ1v) is 5.73. The molecule has 2 amide bonds. The van der Waals surface area contributed by atoms with Crippen LogP contribution in [0.2, 0.25) is 0 Å². The van der Waals surface area contributed by atoms with Crippen molar-refractivity contribution in [1.29, 1.82) is 0 Å². The predicted octanol–water partition coefficient (Wildman–Crippen LogP) is -0.0623. The lowest BCUT2D eigenvalue weighted by atomic mass is 10.2. The third kappa shape index (κ3) is 3.44. The molecule has 1 aromatic rings. The summed E-state index contributed by atoms with van der Waals surface area (Å²) in [6.45, 7) is 5.56. The molecule has 6 heteroatoms. The lowest BCUT2D eigenvalue weighted by Crippen LogP contribution is -2.45. The van der Waals surface area contributed by atoms with Gasteiger partial charge in [0.25, 0.3) is 5.91 Å². The molecule has 1 rings (SSSR count). The number of rotatable bonds is 4. The first-order valence-electron chi connectivity index (χ1n) is 5.73. The Hall–Kier alpha value is -2.11. The number of hydrogen-bond acceptors (Lipinski definition) is 3. The van der Waals surface area contributed by atoms with Crippen LogP contribution in [0.4, 0.5) is 0 Å². The Balaban J connectivity index is 2.77. The maximum absolute atomic E-state index is 11.8. The summed E-state index contributed by atoms with van der Waals surface area (Å²) in [6.07, 6.45) is 1.34. The van der Waals surface area contributed by atoms with Gasteiger partial charge in [0, 0.05) is 24.5 Å². The highest BCUT2D eigenvalue weighted by Crippen LogP contribution is 1.94. The largest absolute Gasteiger partial charge is 0.364 e. The van der Waals surface area contributed by atoms with Gasteiger partial charge < -0.3 is 15.6 Å². The predicted molar refractivity (Wildman–Crippen MR) is 67.4 cm³/mol. The van der Waals surface area contributed by atoms with Crippen LogP contribution < -0.4 is 16.1 Å². The molecule has 1 atom stereocenters. The van der Waals surface area contributed by atoms with E-state index >= 15 is 0 Å². The molecular weight excluding hydrogens is 234 g/mol. The number of aromatic nitrogens is 1. The quantitative estimate of drug-likeness (QED) is 0.700. The average molecular weight is 251 g/mol. The summed E-state index contributed by atoms with van der Waals surface area (Å²) < 4.78 is 0. The van der Waals surface area contributed by atoms with Crippen molar-refractivity contribution < 1.29 is 9.59 Å². The number of carbonyl (C=O) groups is 2. The highest BCUT2D eigenvalue weighted by Gasteiger charge is 2.17. The van der Waals surface area contributed by atoms with Crippen LogP contribution in [0, 0.1) is 6.92 Å². The lowest BCUT2D eigenvalue weighted by Gasteiger charge is -2.12. The molecule has 0 bridgehead atoms. The maximum Gasteiger partial charge on any atom is 0.257 e. The minimum Gasteiger partial charge on any atom is -0.364 e. The number of aromatic amines is 1. The third-order valence-electron chi connectivity index (χ3n) is 2.39. The molecule has 0 aliphatic rings. The summed E-state index contributed by atoms with van der Waals surface area (Å²) in [5.74, 6) is -0.843. The Labute approximate surface area is 105 Å². The van der Waals surface area contributed by atoms with Crippen LogP contribution in [0.3, 0.4) is 0 Å². The number of hydrogen-bond donors (Lipinski definition) is 3. The molecule has 0 aliphatic heterocycles. The molecule has 6 nitrogen and oxygen atoms in total. The highest BCUT2D eigenvalue weighted by molar-refractivity contribution is 5.97. The number of nitrogens with one attached hydrogen (secondary N) is 3. The monoisotopic (exact) mass is 251 g/mol. The van der Waals surface area contributed by atoms with Crippen LogP contribution in [-0.2, 0) is 4.79 Å². The fourth-order valence-electron chi connectivity index (χ4n) is 1.42. The summed E-state index contributed by atoms with van der Waals surface area (Å²) in [7, 11) is 0. The van der Waals surface area contributed by atoms with Gasteiger partial charge >= 0.3 is 0 Å². The van der Waals surface area contributed by atoms with E-state index in [0.29, 0.717) is 12.2 Å². The number of aryl methyl sites for hydroxylation is 1. The molecule has 0 aromatic carbocycles. The maximum atomic E-state index is 11.8. The van der Waals surface area contributed by atoms with Crippen molar-refractivity contribution in [1.82, 2.24) is 15.6 Å². The van der Waals surface area contributed by atoms with E-state index in [1.807, 2.05) is 0 Å². The number of pyridine rings is 1. The Bertz CT molecular complexity index is 508. The number of carbonyl (C=O) groups excluding carboxylic acids is 2. The number of likely N-dealkylation sites (N-methyl/N-ethyl adjacent to an activating group) is 1. The molecule has 1 aromatic heterocycles. The lowest BCUT2D eigenvalue weighted by molar-refractivity contribution is -0.122. The molecule has 0 saturated heterocycles. The molecule has 0 fully saturated rings. The number of amides is 2. The summed E-state index contributed by atoms with van der Waals surface area (Å²) in [5, 5.41) is 5.06. The molecule has 0 spiro atoms. The molecule has 0 saturated carbocycles. The zero-order chi connectivity index (χ0) is 13.7. The van der Waals surface area contributed by atoms with E-state index in [-0.39, 0.29) is 16.9 Å². The molecule has 3 N–H and O–H groups in total. The van der Waals surface area contributed by atoms with Crippen molar-refractivity contribution in [3.05, 3.63) is 33.7 Å². The van der Waals surface area contributed by atoms with Gasteiger partial charge in [-0.05, 0) is 20.8 Å². The summed E-state index contributed by atoms with van der Waals surface area (Å²) in [4.78, 5) is 37.6. The highest BCUT2D eigenvalue weighted by atomic mass is 16.2. The second kappa shape index (κ2) is 6.00. The van der Waals surface area contributed by atoms with Gasteiger partial charge in [-0.1, -0.05) is 0 Å². The van der Waals surface area contributed by atoms with Gasteiger partial charge in [0.05, 0.1) is 0 Å². The van der Waals surface area contributed by atoms with Gasteiger partial charge in [0.1, 0.15) is 11.6 Å². The molecule has 98 valence electrons. The van der Waals surface area contributed by atoms with E-state index < -0.39 is 11.9 Å². The second-order valence-electron chi connectivity index (χ2n) is 3.98. The Morgan fingerprint density at radius 3 is 2.67 bits per heavy atom. The SMILES string of the molecule is CCNC(=O)C(C)NC(=O)c1c[nH]c(C)cc1=O. The van der Waals surface area contributed by atoms with Crippen LogP contribution in [0.25, 0.3) is 0 Å². The molecule has 18 heavy (non-hydrogen) atoms. The van der Waals surface area contributed by atoms with Crippen LogP contribution in [0.15, 0.2) is 17.1 Å². The van der Waals surface area contributed by atoms with Crippen LogP contribution >= 0.6 is 0 Å². The van der Waals surface area contributed by atoms with E-state index in [9.17, 15) is 14.4 Å². The summed E-state index contributed by atoms with van der Waals surface area (Å²) >= 11 is 0. The van der Waals surface area contributed by atoms with E-state index in [2.05, 4.69) is 15.6 Å². The Morgan fingerprint density at radius 2 is 2.11 bits per heavy atom. The summed E-state index contributed by atoms with van der Waals surface area (Å²) in [6, 6.07) is 0.657. The molecular formula is C12H17N3O3. The van der Waals surface area contributed by atoms with Crippen molar-refractivity contribution in [2.45, 2.75) is 26.8 Å². The fourth-order valence-corrected chi connectivity index (χ4v) is 1.42. The van der Waals surface area contributed by atoms with Gasteiger partial charge in [-0.3, -0.25) is 14.4 Å². The van der Waals surface area contributed by atoms with Crippen molar-refractivity contribution >= 4 is 11.8 Å². The second-order valence-corrected chi connectivity index (χ2v) is 3.98.